The Morgan fingerprint density at radius 2 is 0.521 bits per heavy atom. The monoisotopic (exact) mass is 960 g/mol. The quantitative estimate of drug-likeness (QED) is 0.0548. The van der Waals surface area contributed by atoms with Gasteiger partial charge >= 0.3 is 29.8 Å². The lowest BCUT2D eigenvalue weighted by atomic mass is 9.68. The molecule has 0 amide bonds. The Hall–Kier alpha value is -7.07. The molecule has 0 radical (unpaired) electrons. The van der Waals surface area contributed by atoms with E-state index in [0.29, 0.717) is 28.7 Å². The maximum absolute atomic E-state index is 12.9. The average molecular weight is 961 g/mol. The van der Waals surface area contributed by atoms with Gasteiger partial charge in [-0.1, -0.05) is 130 Å². The standard InChI is InChI=1S/C61H68O10/c1-37(2)32-52(62)67-47-22-12-42(13-23-47)57-58(43-14-24-48(25-15-43)68-53(63)33-38(3)4)60(45-18-28-50(29-19-45)70-55(65)35-40(7)8)61(11,46-20-30-51(31-21-46)71-56(66)36-41(9)10)59(57)44-16-26-49(27-17-44)69-54(64)34-39(5)6/h12-31,37-41H,32-36H2,1-11H3. The Labute approximate surface area is 419 Å². The van der Waals surface area contributed by atoms with Gasteiger partial charge in [-0.3, -0.25) is 24.0 Å². The van der Waals surface area contributed by atoms with Crippen molar-refractivity contribution in [3.63, 3.8) is 0 Å². The molecule has 0 saturated heterocycles. The molecule has 0 spiro atoms. The third kappa shape index (κ3) is 14.1. The number of hydrogen-bond acceptors (Lipinski definition) is 10. The van der Waals surface area contributed by atoms with Crippen molar-refractivity contribution in [1.29, 1.82) is 0 Å². The summed E-state index contributed by atoms with van der Waals surface area (Å²) in [5, 5.41) is 0. The predicted molar refractivity (Wildman–Crippen MR) is 279 cm³/mol. The van der Waals surface area contributed by atoms with Gasteiger partial charge in [-0.15, -0.1) is 0 Å². The van der Waals surface area contributed by atoms with Crippen LogP contribution in [-0.4, -0.2) is 29.8 Å². The van der Waals surface area contributed by atoms with Crippen LogP contribution in [0.2, 0.25) is 0 Å². The van der Waals surface area contributed by atoms with E-state index < -0.39 is 5.41 Å². The third-order valence-corrected chi connectivity index (χ3v) is 11.8. The molecule has 6 rings (SSSR count). The maximum atomic E-state index is 12.9. The molecule has 0 N–H and O–H groups in total. The van der Waals surface area contributed by atoms with E-state index in [2.05, 4.69) is 6.92 Å². The highest BCUT2D eigenvalue weighted by atomic mass is 16.5. The number of ether oxygens (including phenoxy) is 5. The zero-order valence-corrected chi connectivity index (χ0v) is 43.1. The fraction of sp³-hybridized carbons (Fsp3) is 0.361. The van der Waals surface area contributed by atoms with Crippen LogP contribution in [0.25, 0.3) is 22.3 Å². The normalized spacial score (nSPS) is 13.4. The highest BCUT2D eigenvalue weighted by molar-refractivity contribution is 6.31. The Morgan fingerprint density at radius 3 is 0.732 bits per heavy atom. The molecular formula is C61H68O10. The van der Waals surface area contributed by atoms with Crippen LogP contribution in [0.15, 0.2) is 121 Å². The van der Waals surface area contributed by atoms with Gasteiger partial charge in [0.15, 0.2) is 0 Å². The number of carbonyl (C=O) groups is 5. The van der Waals surface area contributed by atoms with Gasteiger partial charge in [-0.25, -0.2) is 0 Å². The van der Waals surface area contributed by atoms with Gasteiger partial charge in [-0.05, 0) is 147 Å². The molecule has 0 aromatic heterocycles. The fourth-order valence-corrected chi connectivity index (χ4v) is 8.75. The third-order valence-electron chi connectivity index (χ3n) is 11.8. The minimum Gasteiger partial charge on any atom is -0.427 e. The number of allylic oxidation sites excluding steroid dienone is 4. The number of hydrogen-bond donors (Lipinski definition) is 0. The zero-order chi connectivity index (χ0) is 51.6. The van der Waals surface area contributed by atoms with E-state index >= 15 is 0 Å². The number of esters is 5. The lowest BCUT2D eigenvalue weighted by molar-refractivity contribution is -0.136. The molecule has 0 aliphatic heterocycles. The smallest absolute Gasteiger partial charge is 0.311 e. The number of benzene rings is 5. The first kappa shape index (κ1) is 53.3. The summed E-state index contributed by atoms with van der Waals surface area (Å²) in [7, 11) is 0. The highest BCUT2D eigenvalue weighted by Crippen LogP contribution is 2.62. The Morgan fingerprint density at radius 1 is 0.324 bits per heavy atom. The molecule has 0 bridgehead atoms. The number of carbonyl (C=O) groups excluding carboxylic acids is 5. The first-order valence-corrected chi connectivity index (χ1v) is 24.8. The van der Waals surface area contributed by atoms with E-state index in [1.165, 1.54) is 0 Å². The molecule has 0 fully saturated rings. The topological polar surface area (TPSA) is 132 Å². The molecule has 10 heteroatoms. The van der Waals surface area contributed by atoms with Crippen molar-refractivity contribution in [3.8, 4) is 28.7 Å². The molecule has 0 heterocycles. The van der Waals surface area contributed by atoms with Gasteiger partial charge in [0.25, 0.3) is 0 Å². The molecule has 5 aromatic carbocycles. The highest BCUT2D eigenvalue weighted by Gasteiger charge is 2.47. The second-order valence-corrected chi connectivity index (χ2v) is 20.6. The first-order chi connectivity index (χ1) is 33.7. The van der Waals surface area contributed by atoms with Crippen LogP contribution in [0, 0.1) is 29.6 Å². The molecule has 71 heavy (non-hydrogen) atoms. The van der Waals surface area contributed by atoms with Gasteiger partial charge in [0.1, 0.15) is 28.7 Å². The van der Waals surface area contributed by atoms with Gasteiger partial charge < -0.3 is 23.7 Å². The van der Waals surface area contributed by atoms with Crippen LogP contribution in [0.1, 0.15) is 136 Å². The molecule has 0 saturated carbocycles. The fourth-order valence-electron chi connectivity index (χ4n) is 8.75. The van der Waals surface area contributed by atoms with Gasteiger partial charge in [0, 0.05) is 37.5 Å². The van der Waals surface area contributed by atoms with Crippen LogP contribution < -0.4 is 23.7 Å². The Bertz CT molecular complexity index is 2580. The Balaban J connectivity index is 1.66. The summed E-state index contributed by atoms with van der Waals surface area (Å²) in [4.78, 5) is 64.4. The molecule has 372 valence electrons. The van der Waals surface area contributed by atoms with E-state index in [4.69, 9.17) is 23.7 Å². The predicted octanol–water partition coefficient (Wildman–Crippen LogP) is 13.9. The van der Waals surface area contributed by atoms with E-state index in [1.807, 2.05) is 130 Å². The largest absolute Gasteiger partial charge is 0.427 e. The lowest BCUT2D eigenvalue weighted by Crippen LogP contribution is -2.24. The second kappa shape index (κ2) is 23.7. The van der Waals surface area contributed by atoms with E-state index in [9.17, 15) is 24.0 Å². The van der Waals surface area contributed by atoms with Crippen LogP contribution >= 0.6 is 0 Å². The second-order valence-electron chi connectivity index (χ2n) is 20.6. The van der Waals surface area contributed by atoms with Crippen LogP contribution in [0.3, 0.4) is 0 Å². The summed E-state index contributed by atoms with van der Waals surface area (Å²) in [6.07, 6.45) is 1.33. The van der Waals surface area contributed by atoms with Crippen LogP contribution in [-0.2, 0) is 29.4 Å². The summed E-state index contributed by atoms with van der Waals surface area (Å²) < 4.78 is 29.0. The van der Waals surface area contributed by atoms with Crippen molar-refractivity contribution >= 4 is 52.1 Å². The number of rotatable bonds is 20. The van der Waals surface area contributed by atoms with E-state index in [0.717, 1.165) is 50.1 Å². The maximum Gasteiger partial charge on any atom is 0.311 e. The molecule has 0 atom stereocenters. The SMILES string of the molecule is CC(C)CC(=O)Oc1ccc(C2=C(c3ccc(OC(=O)CC(C)C)cc3)C(C)(c3ccc(OC(=O)CC(C)C)cc3)C(c3ccc(OC(=O)CC(C)C)cc3)=C2c2ccc(OC(=O)CC(C)C)cc2)cc1. The Kier molecular flexibility index (Phi) is 17.8. The minimum atomic E-state index is -0.998. The summed E-state index contributed by atoms with van der Waals surface area (Å²) in [5.41, 5.74) is 6.56. The molecule has 1 aliphatic rings. The van der Waals surface area contributed by atoms with Crippen molar-refractivity contribution in [2.75, 3.05) is 0 Å². The summed E-state index contributed by atoms with van der Waals surface area (Å²) in [6, 6.07) is 37.5. The molecule has 10 nitrogen and oxygen atoms in total. The van der Waals surface area contributed by atoms with Crippen LogP contribution in [0.5, 0.6) is 28.7 Å². The van der Waals surface area contributed by atoms with E-state index in [-0.39, 0.29) is 91.5 Å². The van der Waals surface area contributed by atoms with Crippen molar-refractivity contribution in [1.82, 2.24) is 0 Å². The minimum absolute atomic E-state index is 0.119. The van der Waals surface area contributed by atoms with Crippen molar-refractivity contribution in [2.24, 2.45) is 29.6 Å². The van der Waals surface area contributed by atoms with Gasteiger partial charge in [-0.2, -0.15) is 0 Å². The molecule has 5 aromatic rings. The van der Waals surface area contributed by atoms with Gasteiger partial charge in [0.2, 0.25) is 0 Å². The van der Waals surface area contributed by atoms with Gasteiger partial charge in [0.05, 0.1) is 0 Å². The first-order valence-electron chi connectivity index (χ1n) is 24.8. The lowest BCUT2D eigenvalue weighted by Gasteiger charge is -2.34. The summed E-state index contributed by atoms with van der Waals surface area (Å²) in [5.74, 6) is 0.966. The van der Waals surface area contributed by atoms with Crippen molar-refractivity contribution < 1.29 is 47.7 Å². The molecular weight excluding hydrogens is 893 g/mol. The van der Waals surface area contributed by atoms with Crippen LogP contribution in [0.4, 0.5) is 0 Å². The summed E-state index contributed by atoms with van der Waals surface area (Å²) in [6.45, 7) is 21.8. The van der Waals surface area contributed by atoms with E-state index in [1.54, 1.807) is 60.7 Å². The average Bonchev–Trinajstić information content (AvgIpc) is 3.55. The molecule has 1 aliphatic carbocycles. The van der Waals surface area contributed by atoms with Crippen molar-refractivity contribution in [2.45, 2.75) is 114 Å². The zero-order valence-electron chi connectivity index (χ0n) is 43.1. The van der Waals surface area contributed by atoms with Crippen molar-refractivity contribution in [3.05, 3.63) is 149 Å². The molecule has 0 unspecified atom stereocenters. The summed E-state index contributed by atoms with van der Waals surface area (Å²) >= 11 is 0.